The zero-order valence-electron chi connectivity index (χ0n) is 14.0. The summed E-state index contributed by atoms with van der Waals surface area (Å²) in [5, 5.41) is 2.75. The van der Waals surface area contributed by atoms with Crippen LogP contribution in [0, 0.1) is 0 Å². The fourth-order valence-electron chi connectivity index (χ4n) is 3.01. The van der Waals surface area contributed by atoms with Gasteiger partial charge in [0.1, 0.15) is 0 Å². The number of rotatable bonds is 4. The zero-order chi connectivity index (χ0) is 17.3. The molecule has 0 bridgehead atoms. The van der Waals surface area contributed by atoms with Crippen molar-refractivity contribution in [2.24, 2.45) is 0 Å². The van der Waals surface area contributed by atoms with E-state index in [1.807, 2.05) is 0 Å². The second kappa shape index (κ2) is 7.03. The number of benzene rings is 1. The van der Waals surface area contributed by atoms with Crippen LogP contribution < -0.4 is 5.32 Å². The molecule has 24 heavy (non-hydrogen) atoms. The number of sulfonamides is 1. The van der Waals surface area contributed by atoms with E-state index in [-0.39, 0.29) is 10.8 Å². The van der Waals surface area contributed by atoms with Crippen molar-refractivity contribution in [1.82, 2.24) is 9.21 Å². The zero-order valence-corrected chi connectivity index (χ0v) is 15.6. The first-order valence-corrected chi connectivity index (χ1v) is 10.7. The maximum Gasteiger partial charge on any atom is 0.243 e. The van der Waals surface area contributed by atoms with Crippen LogP contribution in [0.15, 0.2) is 28.0 Å². The monoisotopic (exact) mass is 369 g/mol. The van der Waals surface area contributed by atoms with Crippen LogP contribution in [0.25, 0.3) is 0 Å². The van der Waals surface area contributed by atoms with Gasteiger partial charge in [-0.1, -0.05) is 6.92 Å². The number of hydrogen-bond donors (Lipinski definition) is 1. The van der Waals surface area contributed by atoms with Crippen LogP contribution in [-0.4, -0.2) is 61.5 Å². The standard InChI is InChI=1S/C16H23N3O3S2/c1-3-12(2)18-6-8-19(9-7-18)24(21,22)13-4-5-15-14(10-13)17-16(20)11-23-15/h4-5,10,12H,3,6-9,11H2,1-2H3,(H,17,20). The van der Waals surface area contributed by atoms with Gasteiger partial charge in [0.15, 0.2) is 0 Å². The maximum atomic E-state index is 12.9. The molecule has 1 fully saturated rings. The molecule has 0 spiro atoms. The van der Waals surface area contributed by atoms with Gasteiger partial charge in [0.2, 0.25) is 15.9 Å². The first-order chi connectivity index (χ1) is 11.4. The van der Waals surface area contributed by atoms with E-state index in [0.29, 0.717) is 30.6 Å². The Kier molecular flexibility index (Phi) is 5.19. The van der Waals surface area contributed by atoms with E-state index < -0.39 is 10.0 Å². The summed E-state index contributed by atoms with van der Waals surface area (Å²) in [5.41, 5.74) is 0.593. The fraction of sp³-hybridized carbons (Fsp3) is 0.562. The van der Waals surface area contributed by atoms with Crippen LogP contribution in [0.4, 0.5) is 5.69 Å². The van der Waals surface area contributed by atoms with Gasteiger partial charge in [-0.25, -0.2) is 8.42 Å². The molecule has 1 unspecified atom stereocenters. The highest BCUT2D eigenvalue weighted by molar-refractivity contribution is 8.00. The number of amides is 1. The second-order valence-corrected chi connectivity index (χ2v) is 9.15. The summed E-state index contributed by atoms with van der Waals surface area (Å²) in [6.45, 7) is 6.84. The molecule has 8 heteroatoms. The van der Waals surface area contributed by atoms with Crippen LogP contribution in [0.5, 0.6) is 0 Å². The van der Waals surface area contributed by atoms with Crippen molar-refractivity contribution in [1.29, 1.82) is 0 Å². The molecule has 1 N–H and O–H groups in total. The lowest BCUT2D eigenvalue weighted by Gasteiger charge is -2.37. The van der Waals surface area contributed by atoms with Crippen molar-refractivity contribution < 1.29 is 13.2 Å². The van der Waals surface area contributed by atoms with Crippen LogP contribution in [-0.2, 0) is 14.8 Å². The molecule has 0 aromatic heterocycles. The predicted octanol–water partition coefficient (Wildman–Crippen LogP) is 1.84. The normalized spacial score (nSPS) is 21.2. The minimum absolute atomic E-state index is 0.0933. The Labute approximate surface area is 147 Å². The molecule has 1 amide bonds. The average Bonchev–Trinajstić information content (AvgIpc) is 2.60. The first-order valence-electron chi connectivity index (χ1n) is 8.22. The molecule has 2 aliphatic heterocycles. The van der Waals surface area contributed by atoms with Crippen molar-refractivity contribution in [3.8, 4) is 0 Å². The lowest BCUT2D eigenvalue weighted by molar-refractivity contribution is -0.113. The minimum Gasteiger partial charge on any atom is -0.324 e. The molecule has 0 aliphatic carbocycles. The van der Waals surface area contributed by atoms with Crippen molar-refractivity contribution in [2.45, 2.75) is 36.1 Å². The van der Waals surface area contributed by atoms with Crippen molar-refractivity contribution in [3.63, 3.8) is 0 Å². The average molecular weight is 370 g/mol. The third-order valence-corrected chi connectivity index (χ3v) is 7.68. The lowest BCUT2D eigenvalue weighted by Crippen LogP contribution is -2.51. The Bertz CT molecular complexity index is 728. The SMILES string of the molecule is CCC(C)N1CCN(S(=O)(=O)c2ccc3c(c2)NC(=O)CS3)CC1. The number of fused-ring (bicyclic) bond motifs is 1. The third-order valence-electron chi connectivity index (χ3n) is 4.71. The van der Waals surface area contributed by atoms with E-state index in [4.69, 9.17) is 0 Å². The van der Waals surface area contributed by atoms with Gasteiger partial charge >= 0.3 is 0 Å². The summed E-state index contributed by atoms with van der Waals surface area (Å²) in [6, 6.07) is 5.47. The van der Waals surface area contributed by atoms with Gasteiger partial charge in [0.25, 0.3) is 0 Å². The molecule has 3 rings (SSSR count). The summed E-state index contributed by atoms with van der Waals surface area (Å²) in [4.78, 5) is 15.0. The molecule has 1 atom stereocenters. The molecule has 1 aromatic carbocycles. The summed E-state index contributed by atoms with van der Waals surface area (Å²) in [7, 11) is -3.52. The van der Waals surface area contributed by atoms with E-state index in [2.05, 4.69) is 24.1 Å². The highest BCUT2D eigenvalue weighted by atomic mass is 32.2. The smallest absolute Gasteiger partial charge is 0.243 e. The van der Waals surface area contributed by atoms with Gasteiger partial charge in [0.05, 0.1) is 16.3 Å². The lowest BCUT2D eigenvalue weighted by atomic mass is 10.2. The number of piperazine rings is 1. The Balaban J connectivity index is 1.77. The quantitative estimate of drug-likeness (QED) is 0.877. The van der Waals surface area contributed by atoms with E-state index >= 15 is 0 Å². The minimum atomic E-state index is -3.52. The number of nitrogens with zero attached hydrogens (tertiary/aromatic N) is 2. The molecule has 2 aliphatic rings. The van der Waals surface area contributed by atoms with Crippen molar-refractivity contribution >= 4 is 33.4 Å². The van der Waals surface area contributed by atoms with E-state index in [9.17, 15) is 13.2 Å². The van der Waals surface area contributed by atoms with Crippen LogP contribution in [0.3, 0.4) is 0 Å². The van der Waals surface area contributed by atoms with Gasteiger partial charge in [-0.2, -0.15) is 4.31 Å². The van der Waals surface area contributed by atoms with Crippen molar-refractivity contribution in [2.75, 3.05) is 37.2 Å². The molecular weight excluding hydrogens is 346 g/mol. The van der Waals surface area contributed by atoms with Gasteiger partial charge in [0, 0.05) is 37.1 Å². The Morgan fingerprint density at radius 3 is 2.62 bits per heavy atom. The number of thioether (sulfide) groups is 1. The molecule has 1 saturated heterocycles. The molecule has 1 aromatic rings. The highest BCUT2D eigenvalue weighted by Gasteiger charge is 2.30. The van der Waals surface area contributed by atoms with Gasteiger partial charge < -0.3 is 5.32 Å². The number of hydrogen-bond acceptors (Lipinski definition) is 5. The molecule has 2 heterocycles. The number of anilines is 1. The number of carbonyl (C=O) groups is 1. The summed E-state index contributed by atoms with van der Waals surface area (Å²) in [5.74, 6) is 0.278. The third kappa shape index (κ3) is 3.46. The Morgan fingerprint density at radius 2 is 1.96 bits per heavy atom. The second-order valence-electron chi connectivity index (χ2n) is 6.19. The van der Waals surface area contributed by atoms with Gasteiger partial charge in [-0.3, -0.25) is 9.69 Å². The largest absolute Gasteiger partial charge is 0.324 e. The van der Waals surface area contributed by atoms with Crippen LogP contribution in [0.1, 0.15) is 20.3 Å². The molecule has 132 valence electrons. The van der Waals surface area contributed by atoms with E-state index in [0.717, 1.165) is 24.4 Å². The molecule has 0 saturated carbocycles. The van der Waals surface area contributed by atoms with Gasteiger partial charge in [-0.05, 0) is 31.5 Å². The topological polar surface area (TPSA) is 69.7 Å². The Hall–Kier alpha value is -1.09. The summed E-state index contributed by atoms with van der Waals surface area (Å²) < 4.78 is 27.3. The van der Waals surface area contributed by atoms with Crippen LogP contribution >= 0.6 is 11.8 Å². The maximum absolute atomic E-state index is 12.9. The first kappa shape index (κ1) is 17.7. The predicted molar refractivity (Wildman–Crippen MR) is 95.9 cm³/mol. The van der Waals surface area contributed by atoms with Gasteiger partial charge in [-0.15, -0.1) is 11.8 Å². The number of nitrogens with one attached hydrogen (secondary N) is 1. The van der Waals surface area contributed by atoms with Crippen molar-refractivity contribution in [3.05, 3.63) is 18.2 Å². The summed E-state index contributed by atoms with van der Waals surface area (Å²) in [6.07, 6.45) is 1.06. The fourth-order valence-corrected chi connectivity index (χ4v) is 5.25. The van der Waals surface area contributed by atoms with E-state index in [1.54, 1.807) is 22.5 Å². The Morgan fingerprint density at radius 1 is 1.25 bits per heavy atom. The highest BCUT2D eigenvalue weighted by Crippen LogP contribution is 2.34. The summed E-state index contributed by atoms with van der Waals surface area (Å²) >= 11 is 1.43. The molecular formula is C16H23N3O3S2. The number of carbonyl (C=O) groups excluding carboxylic acids is 1. The van der Waals surface area contributed by atoms with E-state index in [1.165, 1.54) is 11.8 Å². The molecule has 6 nitrogen and oxygen atoms in total. The molecule has 0 radical (unpaired) electrons. The van der Waals surface area contributed by atoms with Crippen LogP contribution in [0.2, 0.25) is 0 Å².